The molecule has 0 heterocycles. The molecule has 0 rings (SSSR count). The van der Waals surface area contributed by atoms with Gasteiger partial charge in [0.25, 0.3) is 0 Å². The third-order valence-electron chi connectivity index (χ3n) is 1.81. The second-order valence-electron chi connectivity index (χ2n) is 4.82. The molecule has 274 valence electrons. The molecule has 0 saturated carbocycles. The fourth-order valence-corrected chi connectivity index (χ4v) is 2.02. The number of carbonyl (C=O) groups excluding carboxylic acids is 2. The van der Waals surface area contributed by atoms with E-state index in [0.717, 1.165) is 0 Å². The first-order chi connectivity index (χ1) is 14.8. The molecule has 0 bridgehead atoms. The molecule has 0 aromatic rings. The Bertz CT molecular complexity index is 813. The maximum Gasteiger partial charge on any atom is 1.00 e. The molecule has 34 N–H and O–H groups in total. The van der Waals surface area contributed by atoms with Gasteiger partial charge in [0.1, 0.15) is 0 Å². The second-order valence-corrected chi connectivity index (χ2v) is 9.48. The Morgan fingerprint density at radius 1 is 0.413 bits per heavy atom. The fourth-order valence-electron chi connectivity index (χ4n) is 0.974. The van der Waals surface area contributed by atoms with Crippen LogP contribution in [0.25, 0.3) is 0 Å². The number of rotatable bonds is 9. The molecular formula is C8H46N8Na4O22P4. The van der Waals surface area contributed by atoms with Gasteiger partial charge in [0.05, 0.1) is 0 Å². The molecule has 0 radical (unpaired) electrons. The van der Waals surface area contributed by atoms with E-state index in [4.69, 9.17) is 49.4 Å². The molecule has 0 unspecified atom stereocenters. The summed E-state index contributed by atoms with van der Waals surface area (Å²) in [4.78, 5) is 103. The smallest absolute Gasteiger partial charge is 1.00 e. The summed E-state index contributed by atoms with van der Waals surface area (Å²) in [7, 11) is -20.5. The zero-order chi connectivity index (χ0) is 28.0. The van der Waals surface area contributed by atoms with Gasteiger partial charge in [0.2, 0.25) is 0 Å². The number of phosphoric acid groups is 4. The van der Waals surface area contributed by atoms with Gasteiger partial charge < -0.3 is 83.2 Å². The first-order valence-electron chi connectivity index (χ1n) is 7.35. The summed E-state index contributed by atoms with van der Waals surface area (Å²) in [5, 5.41) is 16.3. The molecular weight excluding hydrogens is 776 g/mol. The standard InChI is InChI=1S/C6H10O4.2CH4O9P2.8H3N.4Na.4H/c7-5(8)3-1-2-4-6(9)10;2*2-1(9-11(3,4)5)10-12(6,7)8;;;;;;;;;;;;;;;;/h1-4H2,(H,7,8)(H,9,10);2*(H2,3,4,5)(H2,6,7,8);8*1H3;;;;;;;;/q;;;;;;;;;;;4*+1;4*-1. The molecule has 30 nitrogen and oxygen atoms in total. The van der Waals surface area contributed by atoms with Gasteiger partial charge in [-0.05, 0) is 12.8 Å². The van der Waals surface area contributed by atoms with Gasteiger partial charge in [-0.25, -0.2) is 27.8 Å². The van der Waals surface area contributed by atoms with Crippen molar-refractivity contribution in [3.05, 3.63) is 0 Å². The quantitative estimate of drug-likeness (QED) is 0.0583. The Labute approximate surface area is 355 Å². The van der Waals surface area contributed by atoms with Gasteiger partial charge in [-0.1, -0.05) is 0 Å². The number of hydrogen-bond acceptors (Lipinski definition) is 20. The Balaban J connectivity index is -0.0000000147. The average Bonchev–Trinajstić information content (AvgIpc) is 2.44. The van der Waals surface area contributed by atoms with Gasteiger partial charge in [0, 0.05) is 12.8 Å². The number of carbonyl (C=O) groups is 4. The number of phosphoric ester groups is 4. The van der Waals surface area contributed by atoms with Gasteiger partial charge in [-0.15, -0.1) is 0 Å². The van der Waals surface area contributed by atoms with Crippen molar-refractivity contribution in [3.63, 3.8) is 0 Å². The minimum Gasteiger partial charge on any atom is -1.00 e. The van der Waals surface area contributed by atoms with Crippen LogP contribution in [0, 0.1) is 0 Å². The predicted molar refractivity (Wildman–Crippen MR) is 142 cm³/mol. The summed E-state index contributed by atoms with van der Waals surface area (Å²) >= 11 is 0. The van der Waals surface area contributed by atoms with Crippen LogP contribution in [0.1, 0.15) is 31.4 Å². The molecule has 0 amide bonds. The number of carboxylic acids is 2. The van der Waals surface area contributed by atoms with Crippen LogP contribution in [0.4, 0.5) is 9.59 Å². The van der Waals surface area contributed by atoms with Crippen LogP contribution in [0.3, 0.4) is 0 Å². The Morgan fingerprint density at radius 2 is 0.543 bits per heavy atom. The molecule has 0 fully saturated rings. The van der Waals surface area contributed by atoms with Crippen molar-refractivity contribution in [2.24, 2.45) is 0 Å². The fraction of sp³-hybridized carbons (Fsp3) is 0.500. The van der Waals surface area contributed by atoms with Gasteiger partial charge in [0.15, 0.2) is 0 Å². The maximum atomic E-state index is 10.0. The SMILES string of the molecule is N.N.N.N.N.N.N.N.O=C(O)CCCCC(=O)O.O=C(OP(=O)(O)O)OP(=O)(O)O.O=C(OP(=O)(O)O)OP(=O)(O)O.[H-].[H-].[H-].[H-].[Na+].[Na+].[Na+].[Na+]. The molecule has 0 aromatic heterocycles. The van der Waals surface area contributed by atoms with Gasteiger partial charge >= 0.3 is 174 Å². The number of unbranched alkanes of at least 4 members (excludes halogenated alkanes) is 1. The van der Waals surface area contributed by atoms with Gasteiger partial charge in [-0.2, -0.15) is 0 Å². The van der Waals surface area contributed by atoms with Crippen LogP contribution < -0.4 is 167 Å². The van der Waals surface area contributed by atoms with E-state index >= 15 is 0 Å². The van der Waals surface area contributed by atoms with E-state index in [-0.39, 0.29) is 186 Å². The van der Waals surface area contributed by atoms with Crippen LogP contribution in [0.2, 0.25) is 0 Å². The van der Waals surface area contributed by atoms with E-state index in [1.165, 1.54) is 0 Å². The van der Waals surface area contributed by atoms with Crippen LogP contribution >= 0.6 is 31.3 Å². The van der Waals surface area contributed by atoms with E-state index in [2.05, 4.69) is 18.1 Å². The summed E-state index contributed by atoms with van der Waals surface area (Å²) < 4.78 is 51.9. The summed E-state index contributed by atoms with van der Waals surface area (Å²) in [6.07, 6.45) is -3.27. The van der Waals surface area contributed by atoms with Crippen LogP contribution in [-0.2, 0) is 45.9 Å². The van der Waals surface area contributed by atoms with E-state index in [9.17, 15) is 37.4 Å². The first kappa shape index (κ1) is 97.3. The maximum absolute atomic E-state index is 10.0. The van der Waals surface area contributed by atoms with Crippen molar-refractivity contribution >= 4 is 55.5 Å². The third-order valence-corrected chi connectivity index (χ3v) is 3.35. The molecule has 46 heavy (non-hydrogen) atoms. The van der Waals surface area contributed by atoms with Crippen molar-refractivity contribution < 1.29 is 229 Å². The summed E-state index contributed by atoms with van der Waals surface area (Å²) in [6.45, 7) is 0. The molecule has 0 aliphatic heterocycles. The molecule has 0 atom stereocenters. The van der Waals surface area contributed by atoms with Gasteiger partial charge in [-0.3, -0.25) is 48.7 Å². The van der Waals surface area contributed by atoms with Crippen LogP contribution in [-0.4, -0.2) is 73.6 Å². The molecule has 0 aliphatic rings. The van der Waals surface area contributed by atoms with E-state index in [0.29, 0.717) is 12.8 Å². The Morgan fingerprint density at radius 3 is 0.630 bits per heavy atom. The van der Waals surface area contributed by atoms with E-state index in [1.807, 2.05) is 0 Å². The summed E-state index contributed by atoms with van der Waals surface area (Å²) in [5.74, 6) is -1.74. The molecule has 0 saturated heterocycles. The Kier molecular flexibility index (Phi) is 98.9. The minimum absolute atomic E-state index is 0. The Hall–Kier alpha value is 1.76. The van der Waals surface area contributed by atoms with Crippen molar-refractivity contribution in [1.29, 1.82) is 0 Å². The third kappa shape index (κ3) is 111. The largest absolute Gasteiger partial charge is 1.00 e. The van der Waals surface area contributed by atoms with Crippen molar-refractivity contribution in [1.82, 2.24) is 49.2 Å². The molecule has 38 heteroatoms. The minimum atomic E-state index is -5.13. The number of hydrogen-bond donors (Lipinski definition) is 18. The van der Waals surface area contributed by atoms with Crippen LogP contribution in [0.15, 0.2) is 0 Å². The van der Waals surface area contributed by atoms with E-state index in [1.54, 1.807) is 0 Å². The normalized spacial score (nSPS) is 8.43. The van der Waals surface area contributed by atoms with Crippen molar-refractivity contribution in [2.75, 3.05) is 0 Å². The zero-order valence-electron chi connectivity index (χ0n) is 29.6. The summed E-state index contributed by atoms with van der Waals surface area (Å²) in [5.41, 5.74) is 0. The number of carboxylic acid groups (broad SMARTS) is 2. The monoisotopic (exact) mass is 822 g/mol. The topological polar surface area (TPSA) is 656 Å². The average molecular weight is 822 g/mol. The van der Waals surface area contributed by atoms with Crippen LogP contribution in [0.5, 0.6) is 0 Å². The van der Waals surface area contributed by atoms with E-state index < -0.39 is 55.5 Å². The van der Waals surface area contributed by atoms with Crippen molar-refractivity contribution in [2.45, 2.75) is 25.7 Å². The summed E-state index contributed by atoms with van der Waals surface area (Å²) in [6, 6.07) is 0. The first-order valence-corrected chi connectivity index (χ1v) is 13.5. The predicted octanol–water partition coefficient (Wildman–Crippen LogP) is -10.9. The molecule has 0 spiro atoms. The second kappa shape index (κ2) is 46.8. The number of aliphatic carboxylic acids is 2. The van der Waals surface area contributed by atoms with Crippen molar-refractivity contribution in [3.8, 4) is 0 Å². The molecule has 0 aliphatic carbocycles. The molecule has 0 aromatic carbocycles. The zero-order valence-corrected chi connectivity index (χ0v) is 37.2.